The number of nitrogens with one attached hydrogen (secondary N) is 1. The third-order valence-electron chi connectivity index (χ3n) is 9.31. The molecule has 2 nitrogen and oxygen atoms in total. The van der Waals surface area contributed by atoms with E-state index in [2.05, 4.69) is 133 Å². The first-order valence-corrected chi connectivity index (χ1v) is 16.3. The second-order valence-corrected chi connectivity index (χ2v) is 15.7. The fraction of sp³-hybridized carbons (Fsp3) is 0.419. The Morgan fingerprint density at radius 3 is 1.91 bits per heavy atom. The summed E-state index contributed by atoms with van der Waals surface area (Å²) in [7, 11) is -1.88. The van der Waals surface area contributed by atoms with Gasteiger partial charge >= 0.3 is 0 Å². The van der Waals surface area contributed by atoms with Gasteiger partial charge in [0.25, 0.3) is 0 Å². The summed E-state index contributed by atoms with van der Waals surface area (Å²) in [5.74, 6) is 2.96. The maximum absolute atomic E-state index is 4.15. The molecule has 1 heterocycles. The standard InChI is InChI=1S/C31H38N2Si/c1-4-29-32-30-23(22-14-6-5-7-15-22)16-12-13-21-28(30)33(29)34(2,3)31-26-19-10-8-17-24(26)25-18-9-11-20-27(25)31/h5-21,23-32H,4H2,1-3H3/t23?,24?,25?,26?,27?,28-,29+,30?,31?/m1/s1. The molecule has 176 valence electrons. The van der Waals surface area contributed by atoms with E-state index in [4.69, 9.17) is 0 Å². The van der Waals surface area contributed by atoms with Gasteiger partial charge in [-0.15, -0.1) is 0 Å². The Balaban J connectivity index is 1.39. The quantitative estimate of drug-likeness (QED) is 0.504. The number of hydrogen-bond donors (Lipinski definition) is 1. The van der Waals surface area contributed by atoms with E-state index in [-0.39, 0.29) is 0 Å². The third-order valence-corrected chi connectivity index (χ3v) is 13.6. The van der Waals surface area contributed by atoms with Crippen molar-refractivity contribution in [1.82, 2.24) is 9.88 Å². The first-order valence-electron chi connectivity index (χ1n) is 13.3. The summed E-state index contributed by atoms with van der Waals surface area (Å²) >= 11 is 0. The smallest absolute Gasteiger partial charge is 0.129 e. The molecule has 4 aliphatic carbocycles. The third kappa shape index (κ3) is 3.44. The van der Waals surface area contributed by atoms with Crippen LogP contribution in [0.5, 0.6) is 0 Å². The van der Waals surface area contributed by atoms with Crippen LogP contribution in [0.4, 0.5) is 0 Å². The lowest BCUT2D eigenvalue weighted by Gasteiger charge is -2.48. The van der Waals surface area contributed by atoms with E-state index in [1.54, 1.807) is 0 Å². The predicted octanol–water partition coefficient (Wildman–Crippen LogP) is 6.58. The molecule has 34 heavy (non-hydrogen) atoms. The van der Waals surface area contributed by atoms with Crippen LogP contribution < -0.4 is 5.32 Å². The molecule has 5 aliphatic rings. The van der Waals surface area contributed by atoms with Gasteiger partial charge in [-0.3, -0.25) is 5.32 Å². The topological polar surface area (TPSA) is 15.3 Å². The predicted molar refractivity (Wildman–Crippen MR) is 146 cm³/mol. The largest absolute Gasteiger partial charge is 0.301 e. The summed E-state index contributed by atoms with van der Waals surface area (Å²) in [6.45, 7) is 7.71. The summed E-state index contributed by atoms with van der Waals surface area (Å²) in [5.41, 5.74) is 2.13. The number of benzene rings is 1. The van der Waals surface area contributed by atoms with Crippen LogP contribution in [-0.2, 0) is 0 Å². The zero-order chi connectivity index (χ0) is 23.3. The number of nitrogens with zero attached hydrogens (tertiary/aromatic N) is 1. The minimum Gasteiger partial charge on any atom is -0.301 e. The first kappa shape index (κ1) is 22.3. The molecule has 1 saturated carbocycles. The van der Waals surface area contributed by atoms with E-state index >= 15 is 0 Å². The summed E-state index contributed by atoms with van der Waals surface area (Å²) in [6, 6.07) is 11.9. The van der Waals surface area contributed by atoms with Crippen molar-refractivity contribution in [3.63, 3.8) is 0 Å². The highest BCUT2D eigenvalue weighted by molar-refractivity contribution is 6.76. The Kier molecular flexibility index (Phi) is 5.75. The molecule has 3 heteroatoms. The monoisotopic (exact) mass is 466 g/mol. The van der Waals surface area contributed by atoms with Gasteiger partial charge in [-0.1, -0.05) is 123 Å². The fourth-order valence-corrected chi connectivity index (χ4v) is 13.0. The van der Waals surface area contributed by atoms with E-state index in [1.807, 2.05) is 0 Å². The van der Waals surface area contributed by atoms with Gasteiger partial charge in [-0.2, -0.15) is 0 Å². The molecule has 1 N–H and O–H groups in total. The molecule has 6 unspecified atom stereocenters. The Morgan fingerprint density at radius 1 is 0.735 bits per heavy atom. The summed E-state index contributed by atoms with van der Waals surface area (Å²) in [5, 5.41) is 4.15. The van der Waals surface area contributed by atoms with Crippen LogP contribution in [0.3, 0.4) is 0 Å². The number of hydrogen-bond acceptors (Lipinski definition) is 2. The van der Waals surface area contributed by atoms with E-state index < -0.39 is 8.24 Å². The lowest BCUT2D eigenvalue weighted by Crippen LogP contribution is -2.60. The van der Waals surface area contributed by atoms with E-state index in [0.29, 0.717) is 53.4 Å². The van der Waals surface area contributed by atoms with Gasteiger partial charge in [0, 0.05) is 18.0 Å². The Morgan fingerprint density at radius 2 is 1.29 bits per heavy atom. The van der Waals surface area contributed by atoms with Crippen molar-refractivity contribution >= 4 is 8.24 Å². The Bertz CT molecular complexity index is 1040. The highest BCUT2D eigenvalue weighted by Gasteiger charge is 2.59. The Hall–Kier alpha value is -2.20. The van der Waals surface area contributed by atoms with Crippen molar-refractivity contribution in [3.05, 3.63) is 109 Å². The van der Waals surface area contributed by atoms with Gasteiger partial charge < -0.3 is 4.57 Å². The highest BCUT2D eigenvalue weighted by atomic mass is 28.3. The molecule has 2 fully saturated rings. The molecule has 1 aromatic rings. The van der Waals surface area contributed by atoms with Gasteiger partial charge in [0.1, 0.15) is 8.24 Å². The molecule has 1 saturated heterocycles. The van der Waals surface area contributed by atoms with Gasteiger partial charge in [0.2, 0.25) is 0 Å². The minimum atomic E-state index is -1.88. The molecule has 6 rings (SSSR count). The zero-order valence-electron chi connectivity index (χ0n) is 20.7. The van der Waals surface area contributed by atoms with Crippen LogP contribution in [-0.4, -0.2) is 31.1 Å². The van der Waals surface area contributed by atoms with Gasteiger partial charge in [0.15, 0.2) is 0 Å². The van der Waals surface area contributed by atoms with Crippen molar-refractivity contribution in [2.75, 3.05) is 0 Å². The first-order chi connectivity index (χ1) is 16.6. The molecule has 0 bridgehead atoms. The van der Waals surface area contributed by atoms with Crippen molar-refractivity contribution < 1.29 is 0 Å². The van der Waals surface area contributed by atoms with Crippen molar-refractivity contribution in [1.29, 1.82) is 0 Å². The van der Waals surface area contributed by atoms with Crippen LogP contribution in [0.15, 0.2) is 103 Å². The van der Waals surface area contributed by atoms with Gasteiger partial charge in [-0.25, -0.2) is 0 Å². The number of rotatable bonds is 4. The van der Waals surface area contributed by atoms with Crippen LogP contribution in [0.2, 0.25) is 18.6 Å². The summed E-state index contributed by atoms with van der Waals surface area (Å²) in [4.78, 5) is 0. The van der Waals surface area contributed by atoms with E-state index in [0.717, 1.165) is 6.42 Å². The minimum absolute atomic E-state index is 0.393. The second-order valence-electron chi connectivity index (χ2n) is 11.2. The fourth-order valence-electron chi connectivity index (χ4n) is 8.03. The van der Waals surface area contributed by atoms with Crippen molar-refractivity contribution in [2.45, 2.75) is 56.1 Å². The molecule has 0 amide bonds. The molecule has 0 radical (unpaired) electrons. The second kappa shape index (κ2) is 8.78. The van der Waals surface area contributed by atoms with Crippen molar-refractivity contribution in [2.24, 2.45) is 23.7 Å². The molecular weight excluding hydrogens is 428 g/mol. The normalized spacial score (nSPS) is 40.3. The number of fused-ring (bicyclic) bond motifs is 4. The SMILES string of the molecule is CC[C@H]1NC2C(c3ccccc3)C=CC=C[C@H]2N1[Si](C)(C)C1C2C=CC=CC2C2C=CC=CC21. The maximum Gasteiger partial charge on any atom is 0.129 e. The highest BCUT2D eigenvalue weighted by Crippen LogP contribution is 2.59. The lowest BCUT2D eigenvalue weighted by atomic mass is 9.83. The number of allylic oxidation sites excluding steroid dienone is 10. The van der Waals surface area contributed by atoms with Crippen LogP contribution in [0.25, 0.3) is 0 Å². The maximum atomic E-state index is 4.15. The molecule has 0 spiro atoms. The van der Waals surface area contributed by atoms with E-state index in [1.165, 1.54) is 5.56 Å². The molecule has 1 aliphatic heterocycles. The van der Waals surface area contributed by atoms with Gasteiger partial charge in [-0.05, 0) is 41.2 Å². The molecule has 8 atom stereocenters. The van der Waals surface area contributed by atoms with Gasteiger partial charge in [0.05, 0.1) is 6.17 Å². The lowest BCUT2D eigenvalue weighted by molar-refractivity contribution is 0.311. The summed E-state index contributed by atoms with van der Waals surface area (Å²) < 4.78 is 3.00. The van der Waals surface area contributed by atoms with Crippen LogP contribution in [0.1, 0.15) is 24.8 Å². The Labute approximate surface area is 206 Å². The van der Waals surface area contributed by atoms with E-state index in [9.17, 15) is 0 Å². The van der Waals surface area contributed by atoms with Crippen LogP contribution in [0, 0.1) is 23.7 Å². The zero-order valence-corrected chi connectivity index (χ0v) is 21.7. The average Bonchev–Trinajstić information content (AvgIpc) is 3.34. The average molecular weight is 467 g/mol. The molecule has 0 aromatic heterocycles. The van der Waals surface area contributed by atoms with Crippen molar-refractivity contribution in [3.8, 4) is 0 Å². The molecule has 1 aromatic carbocycles. The van der Waals surface area contributed by atoms with Crippen LogP contribution >= 0.6 is 0 Å². The molecular formula is C31H38N2Si. The summed E-state index contributed by atoms with van der Waals surface area (Å²) in [6.07, 6.45) is 30.4.